The summed E-state index contributed by atoms with van der Waals surface area (Å²) < 4.78 is 15.0. The largest absolute Gasteiger partial charge is 0.315 e. The van der Waals surface area contributed by atoms with Crippen LogP contribution in [0.4, 0.5) is 4.39 Å². The fourth-order valence-corrected chi connectivity index (χ4v) is 2.21. The van der Waals surface area contributed by atoms with Gasteiger partial charge in [-0.2, -0.15) is 0 Å². The molecule has 19 heavy (non-hydrogen) atoms. The summed E-state index contributed by atoms with van der Waals surface area (Å²) in [6, 6.07) is 5.79. The molecule has 6 heteroatoms. The molecule has 5 nitrogen and oxygen atoms in total. The Morgan fingerprint density at radius 1 is 1.37 bits per heavy atom. The zero-order valence-corrected chi connectivity index (χ0v) is 10.3. The highest BCUT2D eigenvalue weighted by Gasteiger charge is 2.20. The molecule has 0 spiro atoms. The number of Topliss-reactive ketones (excluding diaryl/α,β-unsaturated/α-hetero) is 1. The first-order valence-corrected chi connectivity index (χ1v) is 6.10. The summed E-state index contributed by atoms with van der Waals surface area (Å²) in [5.41, 5.74) is 0.409. The number of halogens is 1. The lowest BCUT2D eigenvalue weighted by Crippen LogP contribution is -2.37. The molecule has 0 atom stereocenters. The van der Waals surface area contributed by atoms with Gasteiger partial charge in [-0.15, -0.1) is 10.2 Å². The highest BCUT2D eigenvalue weighted by Crippen LogP contribution is 2.11. The first-order chi connectivity index (χ1) is 9.22. The van der Waals surface area contributed by atoms with Gasteiger partial charge in [-0.25, -0.2) is 4.39 Å². The topological polar surface area (TPSA) is 51.0 Å². The van der Waals surface area contributed by atoms with Gasteiger partial charge in [-0.1, -0.05) is 12.1 Å². The Labute approximate surface area is 109 Å². The molecule has 1 aliphatic rings. The van der Waals surface area contributed by atoms with Gasteiger partial charge in [0.2, 0.25) is 0 Å². The Hall–Kier alpha value is -2.08. The number of ketones is 1. The van der Waals surface area contributed by atoms with Crippen LogP contribution in [0, 0.1) is 5.82 Å². The Morgan fingerprint density at radius 3 is 3.11 bits per heavy atom. The minimum absolute atomic E-state index is 0.0764. The van der Waals surface area contributed by atoms with E-state index in [1.807, 2.05) is 9.47 Å². The maximum atomic E-state index is 13.1. The number of carbonyl (C=O) groups excluding carboxylic acids is 1. The molecular weight excluding hydrogens is 247 g/mol. The summed E-state index contributed by atoms with van der Waals surface area (Å²) in [6.45, 7) is 2.42. The highest BCUT2D eigenvalue weighted by molar-refractivity contribution is 5.97. The van der Waals surface area contributed by atoms with Crippen molar-refractivity contribution in [2.45, 2.75) is 13.1 Å². The zero-order valence-electron chi connectivity index (χ0n) is 10.3. The number of hydrogen-bond donors (Lipinski definition) is 0. The number of fused-ring (bicyclic) bond motifs is 1. The molecule has 0 bridgehead atoms. The van der Waals surface area contributed by atoms with Crippen molar-refractivity contribution < 1.29 is 9.18 Å². The Balaban J connectivity index is 1.68. The van der Waals surface area contributed by atoms with Crippen LogP contribution in [-0.4, -0.2) is 38.5 Å². The van der Waals surface area contributed by atoms with Gasteiger partial charge in [0, 0.05) is 18.7 Å². The summed E-state index contributed by atoms with van der Waals surface area (Å²) in [6.07, 6.45) is 1.70. The lowest BCUT2D eigenvalue weighted by molar-refractivity contribution is 0.0907. The minimum atomic E-state index is -0.385. The Morgan fingerprint density at radius 2 is 2.26 bits per heavy atom. The molecular formula is C13H13FN4O. The average Bonchev–Trinajstić information content (AvgIpc) is 2.86. The van der Waals surface area contributed by atoms with Gasteiger partial charge >= 0.3 is 0 Å². The third-order valence-electron chi connectivity index (χ3n) is 3.23. The molecule has 1 aromatic carbocycles. The van der Waals surface area contributed by atoms with Crippen LogP contribution >= 0.6 is 0 Å². The van der Waals surface area contributed by atoms with E-state index in [0.29, 0.717) is 12.1 Å². The molecule has 1 aromatic heterocycles. The summed E-state index contributed by atoms with van der Waals surface area (Å²) >= 11 is 0. The van der Waals surface area contributed by atoms with Crippen molar-refractivity contribution in [3.8, 4) is 0 Å². The van der Waals surface area contributed by atoms with Crippen molar-refractivity contribution in [3.63, 3.8) is 0 Å². The molecule has 0 radical (unpaired) electrons. The van der Waals surface area contributed by atoms with Crippen molar-refractivity contribution in [2.75, 3.05) is 13.1 Å². The standard InChI is InChI=1S/C13H13FN4O/c14-11-3-1-2-10(6-11)12(19)7-17-4-5-18-9-15-16-13(18)8-17/h1-3,6,9H,4-5,7-8H2. The highest BCUT2D eigenvalue weighted by atomic mass is 19.1. The molecule has 0 saturated heterocycles. The van der Waals surface area contributed by atoms with E-state index < -0.39 is 0 Å². The van der Waals surface area contributed by atoms with E-state index in [9.17, 15) is 9.18 Å². The van der Waals surface area contributed by atoms with Gasteiger partial charge in [0.1, 0.15) is 18.0 Å². The van der Waals surface area contributed by atoms with E-state index in [2.05, 4.69) is 10.2 Å². The number of rotatable bonds is 3. The van der Waals surface area contributed by atoms with Crippen molar-refractivity contribution >= 4 is 5.78 Å². The van der Waals surface area contributed by atoms with Gasteiger partial charge in [-0.05, 0) is 12.1 Å². The summed E-state index contributed by atoms with van der Waals surface area (Å²) in [5, 5.41) is 7.84. The molecule has 0 unspecified atom stereocenters. The van der Waals surface area contributed by atoms with Crippen LogP contribution in [0.5, 0.6) is 0 Å². The number of nitrogens with zero attached hydrogens (tertiary/aromatic N) is 4. The van der Waals surface area contributed by atoms with Crippen LogP contribution in [0.3, 0.4) is 0 Å². The van der Waals surface area contributed by atoms with Gasteiger partial charge in [0.05, 0.1) is 13.1 Å². The SMILES string of the molecule is O=C(CN1CCn2cnnc2C1)c1cccc(F)c1. The van der Waals surface area contributed by atoms with Crippen LogP contribution in [0.2, 0.25) is 0 Å². The van der Waals surface area contributed by atoms with Gasteiger partial charge in [0.15, 0.2) is 5.78 Å². The molecule has 0 aliphatic carbocycles. The van der Waals surface area contributed by atoms with Crippen molar-refractivity contribution in [2.24, 2.45) is 0 Å². The minimum Gasteiger partial charge on any atom is -0.315 e. The lowest BCUT2D eigenvalue weighted by Gasteiger charge is -2.26. The molecule has 98 valence electrons. The maximum Gasteiger partial charge on any atom is 0.176 e. The predicted octanol–water partition coefficient (Wildman–Crippen LogP) is 1.12. The van der Waals surface area contributed by atoms with E-state index in [0.717, 1.165) is 18.9 Å². The van der Waals surface area contributed by atoms with Crippen LogP contribution in [0.15, 0.2) is 30.6 Å². The van der Waals surface area contributed by atoms with Crippen molar-refractivity contribution in [1.82, 2.24) is 19.7 Å². The fraction of sp³-hybridized carbons (Fsp3) is 0.308. The molecule has 0 amide bonds. The normalized spacial score (nSPS) is 15.2. The van der Waals surface area contributed by atoms with Crippen LogP contribution in [0.25, 0.3) is 0 Å². The molecule has 0 N–H and O–H groups in total. The Kier molecular flexibility index (Phi) is 3.08. The third kappa shape index (κ3) is 2.53. The summed E-state index contributed by atoms with van der Waals surface area (Å²) in [7, 11) is 0. The van der Waals surface area contributed by atoms with E-state index in [1.165, 1.54) is 12.1 Å². The predicted molar refractivity (Wildman–Crippen MR) is 66.0 cm³/mol. The summed E-state index contributed by atoms with van der Waals surface area (Å²) in [4.78, 5) is 14.1. The smallest absolute Gasteiger partial charge is 0.176 e. The summed E-state index contributed by atoms with van der Waals surface area (Å²) in [5.74, 6) is 0.398. The van der Waals surface area contributed by atoms with Crippen molar-refractivity contribution in [3.05, 3.63) is 47.8 Å². The van der Waals surface area contributed by atoms with Crippen LogP contribution in [-0.2, 0) is 13.1 Å². The maximum absolute atomic E-state index is 13.1. The number of aromatic nitrogens is 3. The molecule has 2 aromatic rings. The van der Waals surface area contributed by atoms with E-state index in [-0.39, 0.29) is 18.1 Å². The quantitative estimate of drug-likeness (QED) is 0.776. The van der Waals surface area contributed by atoms with Crippen molar-refractivity contribution in [1.29, 1.82) is 0 Å². The third-order valence-corrected chi connectivity index (χ3v) is 3.23. The first-order valence-electron chi connectivity index (χ1n) is 6.10. The van der Waals surface area contributed by atoms with Gasteiger partial charge in [0.25, 0.3) is 0 Å². The second kappa shape index (κ2) is 4.89. The number of benzene rings is 1. The van der Waals surface area contributed by atoms with Crippen LogP contribution < -0.4 is 0 Å². The molecule has 0 saturated carbocycles. The lowest BCUT2D eigenvalue weighted by atomic mass is 10.1. The monoisotopic (exact) mass is 260 g/mol. The number of hydrogen-bond acceptors (Lipinski definition) is 4. The van der Waals surface area contributed by atoms with Crippen LogP contribution in [0.1, 0.15) is 16.2 Å². The second-order valence-corrected chi connectivity index (χ2v) is 4.58. The van der Waals surface area contributed by atoms with E-state index in [1.54, 1.807) is 18.5 Å². The molecule has 0 fully saturated rings. The second-order valence-electron chi connectivity index (χ2n) is 4.58. The fourth-order valence-electron chi connectivity index (χ4n) is 2.21. The first kappa shape index (κ1) is 12.0. The van der Waals surface area contributed by atoms with Gasteiger partial charge < -0.3 is 4.57 Å². The zero-order chi connectivity index (χ0) is 13.2. The van der Waals surface area contributed by atoms with Gasteiger partial charge in [-0.3, -0.25) is 9.69 Å². The Bertz CT molecular complexity index is 610. The van der Waals surface area contributed by atoms with E-state index in [4.69, 9.17) is 0 Å². The molecule has 1 aliphatic heterocycles. The number of carbonyl (C=O) groups is 1. The molecule has 3 rings (SSSR count). The molecule has 2 heterocycles. The average molecular weight is 260 g/mol. The van der Waals surface area contributed by atoms with E-state index >= 15 is 0 Å².